The van der Waals surface area contributed by atoms with Crippen molar-refractivity contribution in [3.8, 4) is 17.4 Å². The minimum absolute atomic E-state index is 0.468. The zero-order valence-corrected chi connectivity index (χ0v) is 19.5. The van der Waals surface area contributed by atoms with Crippen LogP contribution < -0.4 is 9.47 Å². The summed E-state index contributed by atoms with van der Waals surface area (Å²) in [5, 5.41) is 14.8. The highest BCUT2D eigenvalue weighted by Gasteiger charge is 2.19. The largest absolute Gasteiger partial charge is 0.497 e. The maximum Gasteiger partial charge on any atom is 0.272 e. The minimum Gasteiger partial charge on any atom is -0.497 e. The fraction of sp³-hybridized carbons (Fsp3) is 0.280. The first kappa shape index (κ1) is 20.9. The number of fused-ring (bicyclic) bond motifs is 3. The van der Waals surface area contributed by atoms with Crippen LogP contribution in [0.25, 0.3) is 28.0 Å². The SMILES string of the molecule is CCn1c2ccccc2c2nnc(-n3nc(C)c(Cc4cc(OC)cc(OC)c4)c3C)nc21. The third-order valence-corrected chi connectivity index (χ3v) is 6.10. The lowest BCUT2D eigenvalue weighted by Crippen LogP contribution is -2.08. The minimum atomic E-state index is 0.468. The number of aromatic nitrogens is 6. The summed E-state index contributed by atoms with van der Waals surface area (Å²) in [6.07, 6.45) is 0.691. The van der Waals surface area contributed by atoms with Gasteiger partial charge in [0.25, 0.3) is 5.95 Å². The Bertz CT molecular complexity index is 1460. The van der Waals surface area contributed by atoms with Crippen LogP contribution >= 0.6 is 0 Å². The van der Waals surface area contributed by atoms with Gasteiger partial charge >= 0.3 is 0 Å². The number of methoxy groups -OCH3 is 2. The van der Waals surface area contributed by atoms with Gasteiger partial charge in [-0.05, 0) is 44.5 Å². The molecule has 5 rings (SSSR count). The van der Waals surface area contributed by atoms with Gasteiger partial charge in [-0.1, -0.05) is 18.2 Å². The second kappa shape index (κ2) is 8.20. The molecule has 8 nitrogen and oxygen atoms in total. The number of ether oxygens (including phenoxy) is 2. The van der Waals surface area contributed by atoms with Crippen LogP contribution in [0, 0.1) is 13.8 Å². The molecule has 0 atom stereocenters. The van der Waals surface area contributed by atoms with E-state index in [0.29, 0.717) is 12.4 Å². The van der Waals surface area contributed by atoms with Crippen LogP contribution in [0.4, 0.5) is 0 Å². The molecular weight excluding hydrogens is 416 g/mol. The summed E-state index contributed by atoms with van der Waals surface area (Å²) in [7, 11) is 3.31. The van der Waals surface area contributed by atoms with E-state index in [0.717, 1.165) is 62.6 Å². The first-order chi connectivity index (χ1) is 16.0. The number of nitrogens with zero attached hydrogens (tertiary/aromatic N) is 6. The smallest absolute Gasteiger partial charge is 0.272 e. The number of hydrogen-bond donors (Lipinski definition) is 0. The highest BCUT2D eigenvalue weighted by Crippen LogP contribution is 2.28. The van der Waals surface area contributed by atoms with Gasteiger partial charge in [0.2, 0.25) is 0 Å². The Morgan fingerprint density at radius 2 is 1.67 bits per heavy atom. The molecule has 8 heteroatoms. The molecular formula is C25H26N6O2. The second-order valence-electron chi connectivity index (χ2n) is 8.00. The fourth-order valence-electron chi connectivity index (χ4n) is 4.40. The summed E-state index contributed by atoms with van der Waals surface area (Å²) in [5.41, 5.74) is 6.83. The highest BCUT2D eigenvalue weighted by atomic mass is 16.5. The van der Waals surface area contributed by atoms with Crippen LogP contribution in [-0.2, 0) is 13.0 Å². The molecule has 3 heterocycles. The lowest BCUT2D eigenvalue weighted by molar-refractivity contribution is 0.393. The molecule has 0 fully saturated rings. The molecule has 3 aromatic heterocycles. The number of rotatable bonds is 6. The van der Waals surface area contributed by atoms with Crippen LogP contribution in [-0.4, -0.2) is 43.7 Å². The molecule has 168 valence electrons. The average molecular weight is 443 g/mol. The van der Waals surface area contributed by atoms with Crippen molar-refractivity contribution in [1.82, 2.24) is 29.5 Å². The highest BCUT2D eigenvalue weighted by molar-refractivity contribution is 6.04. The predicted octanol–water partition coefficient (Wildman–Crippen LogP) is 4.41. The molecule has 0 amide bonds. The number of para-hydroxylation sites is 1. The zero-order valence-electron chi connectivity index (χ0n) is 19.5. The third-order valence-electron chi connectivity index (χ3n) is 6.10. The topological polar surface area (TPSA) is 79.9 Å². The molecule has 0 aliphatic rings. The Balaban J connectivity index is 1.59. The molecule has 2 aromatic carbocycles. The van der Waals surface area contributed by atoms with Crippen molar-refractivity contribution in [1.29, 1.82) is 0 Å². The monoisotopic (exact) mass is 442 g/mol. The Labute approximate surface area is 191 Å². The van der Waals surface area contributed by atoms with Crippen molar-refractivity contribution >= 4 is 22.1 Å². The van der Waals surface area contributed by atoms with Crippen LogP contribution in [0.2, 0.25) is 0 Å². The van der Waals surface area contributed by atoms with Gasteiger partial charge in [-0.25, -0.2) is 4.68 Å². The predicted molar refractivity (Wildman–Crippen MR) is 127 cm³/mol. The van der Waals surface area contributed by atoms with E-state index in [4.69, 9.17) is 19.6 Å². The molecule has 0 N–H and O–H groups in total. The number of aryl methyl sites for hydroxylation is 2. The van der Waals surface area contributed by atoms with E-state index in [-0.39, 0.29) is 0 Å². The first-order valence-corrected chi connectivity index (χ1v) is 10.9. The summed E-state index contributed by atoms with van der Waals surface area (Å²) in [6.45, 7) is 6.95. The maximum atomic E-state index is 5.43. The van der Waals surface area contributed by atoms with Crippen molar-refractivity contribution in [2.45, 2.75) is 33.7 Å². The average Bonchev–Trinajstić information content (AvgIpc) is 3.32. The summed E-state index contributed by atoms with van der Waals surface area (Å²) < 4.78 is 14.8. The van der Waals surface area contributed by atoms with E-state index in [1.54, 1.807) is 18.9 Å². The van der Waals surface area contributed by atoms with E-state index in [9.17, 15) is 0 Å². The summed E-state index contributed by atoms with van der Waals surface area (Å²) >= 11 is 0. The van der Waals surface area contributed by atoms with Crippen LogP contribution in [0.1, 0.15) is 29.4 Å². The number of hydrogen-bond acceptors (Lipinski definition) is 6. The quantitative estimate of drug-likeness (QED) is 0.388. The Morgan fingerprint density at radius 3 is 2.36 bits per heavy atom. The molecule has 0 aliphatic heterocycles. The van der Waals surface area contributed by atoms with Crippen molar-refractivity contribution < 1.29 is 9.47 Å². The van der Waals surface area contributed by atoms with E-state index in [2.05, 4.69) is 33.8 Å². The van der Waals surface area contributed by atoms with Gasteiger partial charge in [0.05, 0.1) is 25.4 Å². The van der Waals surface area contributed by atoms with Crippen LogP contribution in [0.15, 0.2) is 42.5 Å². The van der Waals surface area contributed by atoms with Crippen LogP contribution in [0.5, 0.6) is 11.5 Å². The molecule has 0 radical (unpaired) electrons. The zero-order chi connectivity index (χ0) is 23.1. The Morgan fingerprint density at radius 1 is 0.939 bits per heavy atom. The van der Waals surface area contributed by atoms with Crippen molar-refractivity contribution in [2.75, 3.05) is 14.2 Å². The molecule has 5 aromatic rings. The van der Waals surface area contributed by atoms with Gasteiger partial charge < -0.3 is 14.0 Å². The van der Waals surface area contributed by atoms with Gasteiger partial charge in [-0.3, -0.25) is 0 Å². The van der Waals surface area contributed by atoms with E-state index in [1.807, 2.05) is 44.2 Å². The standard InChI is InChI=1S/C25H26N6O2/c1-6-30-22-10-8-7-9-20(22)23-24(30)26-25(28-27-23)31-16(3)21(15(2)29-31)13-17-11-18(32-4)14-19(12-17)33-5/h7-12,14H,6,13H2,1-5H3. The Hall–Kier alpha value is -3.94. The first-order valence-electron chi connectivity index (χ1n) is 10.9. The van der Waals surface area contributed by atoms with Crippen molar-refractivity contribution in [3.63, 3.8) is 0 Å². The molecule has 0 saturated carbocycles. The fourth-order valence-corrected chi connectivity index (χ4v) is 4.40. The molecule has 0 saturated heterocycles. The molecule has 0 bridgehead atoms. The van der Waals surface area contributed by atoms with Gasteiger partial charge in [-0.15, -0.1) is 10.2 Å². The third kappa shape index (κ3) is 3.47. The summed E-state index contributed by atoms with van der Waals surface area (Å²) in [4.78, 5) is 4.88. The van der Waals surface area contributed by atoms with Crippen molar-refractivity contribution in [2.24, 2.45) is 0 Å². The van der Waals surface area contributed by atoms with Gasteiger partial charge in [-0.2, -0.15) is 10.1 Å². The van der Waals surface area contributed by atoms with E-state index >= 15 is 0 Å². The van der Waals surface area contributed by atoms with E-state index in [1.165, 1.54) is 0 Å². The molecule has 0 aliphatic carbocycles. The lowest BCUT2D eigenvalue weighted by Gasteiger charge is -2.09. The van der Waals surface area contributed by atoms with Gasteiger partial charge in [0, 0.05) is 35.7 Å². The normalized spacial score (nSPS) is 11.4. The molecule has 0 unspecified atom stereocenters. The molecule has 33 heavy (non-hydrogen) atoms. The lowest BCUT2D eigenvalue weighted by atomic mass is 10.0. The van der Waals surface area contributed by atoms with Crippen molar-refractivity contribution in [3.05, 3.63) is 65.0 Å². The molecule has 0 spiro atoms. The van der Waals surface area contributed by atoms with E-state index < -0.39 is 0 Å². The summed E-state index contributed by atoms with van der Waals surface area (Å²) in [5.74, 6) is 1.99. The van der Waals surface area contributed by atoms with Gasteiger partial charge in [0.1, 0.15) is 17.0 Å². The second-order valence-corrected chi connectivity index (χ2v) is 8.00. The van der Waals surface area contributed by atoms with Gasteiger partial charge in [0.15, 0.2) is 5.65 Å². The number of benzene rings is 2. The van der Waals surface area contributed by atoms with Crippen LogP contribution in [0.3, 0.4) is 0 Å². The maximum absolute atomic E-state index is 5.43. The summed E-state index contributed by atoms with van der Waals surface area (Å²) in [6, 6.07) is 14.1. The Kier molecular flexibility index (Phi) is 5.20.